The third-order valence-electron chi connectivity index (χ3n) is 4.29. The van der Waals surface area contributed by atoms with Crippen molar-refractivity contribution in [2.75, 3.05) is 0 Å². The lowest BCUT2D eigenvalue weighted by atomic mass is 10.0. The van der Waals surface area contributed by atoms with Crippen LogP contribution in [0.3, 0.4) is 0 Å². The molecular weight excluding hydrogens is 317 g/mol. The minimum atomic E-state index is -3.21. The molecule has 0 aromatic heterocycles. The average Bonchev–Trinajstić information content (AvgIpc) is 2.62. The van der Waals surface area contributed by atoms with Gasteiger partial charge in [-0.25, -0.2) is 0 Å². The SMILES string of the molecule is C[C@H](N[P+]1([O-])Oc2ccccc2-c2ccccc21)c1ccccc1. The molecule has 0 amide bonds. The zero-order valence-electron chi connectivity index (χ0n) is 13.3. The second-order valence-electron chi connectivity index (χ2n) is 5.92. The van der Waals surface area contributed by atoms with E-state index in [1.54, 1.807) is 0 Å². The number of hydrogen-bond donors (Lipinski definition) is 1. The van der Waals surface area contributed by atoms with Crippen LogP contribution in [0.15, 0.2) is 78.9 Å². The van der Waals surface area contributed by atoms with Crippen molar-refractivity contribution < 1.29 is 9.42 Å². The normalized spacial score (nSPS) is 19.8. The van der Waals surface area contributed by atoms with Gasteiger partial charge in [-0.2, -0.15) is 5.09 Å². The van der Waals surface area contributed by atoms with Gasteiger partial charge in [0.1, 0.15) is 0 Å². The summed E-state index contributed by atoms with van der Waals surface area (Å²) in [4.78, 5) is 13.7. The van der Waals surface area contributed by atoms with Crippen LogP contribution >= 0.6 is 7.87 Å². The van der Waals surface area contributed by atoms with E-state index in [0.29, 0.717) is 5.75 Å². The summed E-state index contributed by atoms with van der Waals surface area (Å²) in [7, 11) is -3.21. The third kappa shape index (κ3) is 2.61. The Morgan fingerprint density at radius 1 is 0.833 bits per heavy atom. The molecular formula is C20H18NO2P. The fourth-order valence-electron chi connectivity index (χ4n) is 3.08. The van der Waals surface area contributed by atoms with Crippen molar-refractivity contribution in [3.05, 3.63) is 84.4 Å². The van der Waals surface area contributed by atoms with Crippen LogP contribution in [0, 0.1) is 0 Å². The summed E-state index contributed by atoms with van der Waals surface area (Å²) in [5.41, 5.74) is 3.02. The number of hydrogen-bond acceptors (Lipinski definition) is 3. The summed E-state index contributed by atoms with van der Waals surface area (Å²) in [5, 5.41) is 3.97. The van der Waals surface area contributed by atoms with Gasteiger partial charge in [0.15, 0.2) is 11.1 Å². The number of nitrogens with one attached hydrogen (secondary N) is 1. The first kappa shape index (κ1) is 15.3. The Bertz CT molecular complexity index is 868. The number of fused-ring (bicyclic) bond motifs is 3. The molecule has 1 unspecified atom stereocenters. The van der Waals surface area contributed by atoms with E-state index >= 15 is 0 Å². The molecule has 120 valence electrons. The fraction of sp³-hybridized carbons (Fsp3) is 0.100. The molecule has 3 nitrogen and oxygen atoms in total. The Hall–Kier alpha value is -2.19. The van der Waals surface area contributed by atoms with Gasteiger partial charge in [-0.05, 0) is 24.6 Å². The molecule has 3 aromatic carbocycles. The molecule has 3 aromatic rings. The predicted octanol–water partition coefficient (Wildman–Crippen LogP) is 3.85. The Morgan fingerprint density at radius 2 is 1.46 bits per heavy atom. The van der Waals surface area contributed by atoms with Crippen molar-refractivity contribution in [2.45, 2.75) is 13.0 Å². The van der Waals surface area contributed by atoms with Crippen LogP contribution < -0.4 is 19.8 Å². The summed E-state index contributed by atoms with van der Waals surface area (Å²) in [6.07, 6.45) is 0. The largest absolute Gasteiger partial charge is 0.629 e. The molecule has 0 saturated heterocycles. The highest BCUT2D eigenvalue weighted by Gasteiger charge is 2.42. The zero-order chi connectivity index (χ0) is 16.6. The lowest BCUT2D eigenvalue weighted by molar-refractivity contribution is -0.185. The zero-order valence-corrected chi connectivity index (χ0v) is 14.2. The molecule has 0 spiro atoms. The molecule has 0 saturated carbocycles. The predicted molar refractivity (Wildman–Crippen MR) is 97.1 cm³/mol. The van der Waals surface area contributed by atoms with Crippen molar-refractivity contribution in [1.82, 2.24) is 5.09 Å². The molecule has 0 aliphatic carbocycles. The Balaban J connectivity index is 1.76. The van der Waals surface area contributed by atoms with E-state index in [0.717, 1.165) is 22.0 Å². The standard InChI is InChI=1S/C20H18NO2P/c1-15(16-9-3-2-4-10-16)21-24(22)20-14-8-6-12-18(20)17-11-5-7-13-19(17)23-24/h2-15H,1H3,(H,21,22)/t15-,24?/m0/s1. The van der Waals surface area contributed by atoms with Crippen LogP contribution in [0.5, 0.6) is 5.75 Å². The van der Waals surface area contributed by atoms with Crippen LogP contribution in [-0.4, -0.2) is 0 Å². The maximum Gasteiger partial charge on any atom is 0.255 e. The number of rotatable bonds is 3. The van der Waals surface area contributed by atoms with Gasteiger partial charge < -0.3 is 9.42 Å². The Labute approximate surface area is 142 Å². The highest BCUT2D eigenvalue weighted by atomic mass is 31.2. The molecule has 1 aliphatic heterocycles. The minimum absolute atomic E-state index is 0.0876. The minimum Gasteiger partial charge on any atom is -0.629 e. The Morgan fingerprint density at radius 3 is 2.25 bits per heavy atom. The number of para-hydroxylation sites is 1. The molecule has 1 heterocycles. The van der Waals surface area contributed by atoms with Gasteiger partial charge in [0.05, 0.1) is 6.04 Å². The Kier molecular flexibility index (Phi) is 3.85. The van der Waals surface area contributed by atoms with E-state index in [9.17, 15) is 4.89 Å². The first-order valence-electron chi connectivity index (χ1n) is 7.99. The molecule has 1 aliphatic rings. The highest BCUT2D eigenvalue weighted by molar-refractivity contribution is 7.70. The van der Waals surface area contributed by atoms with E-state index in [1.165, 1.54) is 0 Å². The first-order chi connectivity index (χ1) is 11.7. The summed E-state index contributed by atoms with van der Waals surface area (Å²) in [6.45, 7) is 2.00. The second-order valence-corrected chi connectivity index (χ2v) is 7.94. The molecule has 24 heavy (non-hydrogen) atoms. The molecule has 4 rings (SSSR count). The van der Waals surface area contributed by atoms with Crippen LogP contribution in [0.2, 0.25) is 0 Å². The first-order valence-corrected chi connectivity index (χ1v) is 9.61. The van der Waals surface area contributed by atoms with Crippen LogP contribution in [0.25, 0.3) is 11.1 Å². The van der Waals surface area contributed by atoms with E-state index in [-0.39, 0.29) is 6.04 Å². The van der Waals surface area contributed by atoms with Crippen molar-refractivity contribution >= 4 is 13.2 Å². The average molecular weight is 335 g/mol. The molecule has 0 bridgehead atoms. The van der Waals surface area contributed by atoms with Crippen molar-refractivity contribution in [2.24, 2.45) is 0 Å². The van der Waals surface area contributed by atoms with E-state index in [4.69, 9.17) is 4.52 Å². The van der Waals surface area contributed by atoms with Crippen molar-refractivity contribution in [1.29, 1.82) is 0 Å². The van der Waals surface area contributed by atoms with Gasteiger partial charge in [-0.1, -0.05) is 66.7 Å². The van der Waals surface area contributed by atoms with Crippen LogP contribution in [0.1, 0.15) is 18.5 Å². The number of benzene rings is 3. The van der Waals surface area contributed by atoms with Crippen LogP contribution in [0.4, 0.5) is 0 Å². The van der Waals surface area contributed by atoms with Gasteiger partial charge >= 0.3 is 0 Å². The maximum absolute atomic E-state index is 13.7. The highest BCUT2D eigenvalue weighted by Crippen LogP contribution is 2.55. The summed E-state index contributed by atoms with van der Waals surface area (Å²) in [5.74, 6) is 0.660. The lowest BCUT2D eigenvalue weighted by Crippen LogP contribution is -2.41. The monoisotopic (exact) mass is 335 g/mol. The van der Waals surface area contributed by atoms with E-state index in [2.05, 4.69) is 5.09 Å². The third-order valence-corrected chi connectivity index (χ3v) is 6.49. The fourth-order valence-corrected chi connectivity index (χ4v) is 5.26. The van der Waals surface area contributed by atoms with Gasteiger partial charge in [0.2, 0.25) is 0 Å². The van der Waals surface area contributed by atoms with Gasteiger partial charge in [0, 0.05) is 11.1 Å². The van der Waals surface area contributed by atoms with Crippen molar-refractivity contribution in [3.63, 3.8) is 0 Å². The molecule has 2 atom stereocenters. The summed E-state index contributed by atoms with van der Waals surface area (Å²) in [6, 6.07) is 25.4. The quantitative estimate of drug-likeness (QED) is 0.740. The molecule has 0 radical (unpaired) electrons. The summed E-state index contributed by atoms with van der Waals surface area (Å²) >= 11 is 0. The van der Waals surface area contributed by atoms with Gasteiger partial charge in [-0.15, -0.1) is 0 Å². The molecule has 4 heteroatoms. The van der Waals surface area contributed by atoms with E-state index in [1.807, 2.05) is 85.8 Å². The van der Waals surface area contributed by atoms with Crippen molar-refractivity contribution in [3.8, 4) is 16.9 Å². The van der Waals surface area contributed by atoms with Gasteiger partial charge in [0.25, 0.3) is 7.87 Å². The van der Waals surface area contributed by atoms with E-state index < -0.39 is 7.87 Å². The second kappa shape index (κ2) is 6.03. The molecule has 1 N–H and O–H groups in total. The summed E-state index contributed by atoms with van der Waals surface area (Å²) < 4.78 is 5.98. The van der Waals surface area contributed by atoms with Gasteiger partial charge in [-0.3, -0.25) is 0 Å². The van der Waals surface area contributed by atoms with Crippen LogP contribution in [-0.2, 0) is 0 Å². The topological polar surface area (TPSA) is 44.3 Å². The smallest absolute Gasteiger partial charge is 0.255 e. The lowest BCUT2D eigenvalue weighted by Gasteiger charge is -2.36. The maximum atomic E-state index is 13.7. The molecule has 0 fully saturated rings.